The Hall–Kier alpha value is -1.75. The molecule has 0 spiro atoms. The quantitative estimate of drug-likeness (QED) is 0.687. The summed E-state index contributed by atoms with van der Waals surface area (Å²) in [7, 11) is 3.15. The number of anilines is 1. The van der Waals surface area contributed by atoms with Gasteiger partial charge in [-0.1, -0.05) is 13.8 Å². The van der Waals surface area contributed by atoms with E-state index in [1.54, 1.807) is 32.4 Å². The summed E-state index contributed by atoms with van der Waals surface area (Å²) in [4.78, 5) is 11.8. The zero-order valence-corrected chi connectivity index (χ0v) is 13.4. The molecular weight excluding hydrogens is 268 g/mol. The summed E-state index contributed by atoms with van der Waals surface area (Å²) in [5.74, 6) is 1.91. The molecule has 21 heavy (non-hydrogen) atoms. The van der Waals surface area contributed by atoms with E-state index < -0.39 is 0 Å². The van der Waals surface area contributed by atoms with Crippen LogP contribution in [0.15, 0.2) is 18.2 Å². The number of carbonyl (C=O) groups is 1. The number of hydrogen-bond donors (Lipinski definition) is 2. The minimum Gasteiger partial charge on any atom is -0.493 e. The van der Waals surface area contributed by atoms with Gasteiger partial charge < -0.3 is 20.1 Å². The zero-order valence-electron chi connectivity index (χ0n) is 13.4. The van der Waals surface area contributed by atoms with Crippen LogP contribution < -0.4 is 20.1 Å². The third-order valence-corrected chi connectivity index (χ3v) is 3.09. The molecule has 0 aliphatic carbocycles. The largest absolute Gasteiger partial charge is 0.493 e. The average Bonchev–Trinajstić information content (AvgIpc) is 2.46. The van der Waals surface area contributed by atoms with Crippen molar-refractivity contribution < 1.29 is 14.3 Å². The summed E-state index contributed by atoms with van der Waals surface area (Å²) in [6, 6.07) is 5.32. The molecule has 0 fully saturated rings. The van der Waals surface area contributed by atoms with Gasteiger partial charge in [0.25, 0.3) is 0 Å². The van der Waals surface area contributed by atoms with Crippen LogP contribution in [0.3, 0.4) is 0 Å². The van der Waals surface area contributed by atoms with Gasteiger partial charge in [-0.3, -0.25) is 4.79 Å². The van der Waals surface area contributed by atoms with E-state index in [-0.39, 0.29) is 5.91 Å². The number of amides is 1. The lowest BCUT2D eigenvalue weighted by Crippen LogP contribution is -2.23. The molecule has 5 nitrogen and oxygen atoms in total. The lowest BCUT2D eigenvalue weighted by molar-refractivity contribution is -0.116. The summed E-state index contributed by atoms with van der Waals surface area (Å²) in [5.41, 5.74) is 0.708. The molecule has 1 aromatic rings. The molecule has 0 radical (unpaired) electrons. The first-order chi connectivity index (χ1) is 10.1. The summed E-state index contributed by atoms with van der Waals surface area (Å²) >= 11 is 0. The highest BCUT2D eigenvalue weighted by Crippen LogP contribution is 2.29. The molecule has 0 heterocycles. The Morgan fingerprint density at radius 3 is 2.48 bits per heavy atom. The van der Waals surface area contributed by atoms with E-state index in [1.807, 2.05) is 0 Å². The molecule has 0 atom stereocenters. The van der Waals surface area contributed by atoms with Crippen LogP contribution in [-0.2, 0) is 4.79 Å². The van der Waals surface area contributed by atoms with Crippen LogP contribution in [-0.4, -0.2) is 33.2 Å². The minimum atomic E-state index is -0.0146. The normalized spacial score (nSPS) is 10.5. The molecular formula is C16H26N2O3. The first-order valence-corrected chi connectivity index (χ1v) is 7.29. The molecule has 118 valence electrons. The molecule has 1 aromatic carbocycles. The van der Waals surface area contributed by atoms with E-state index in [2.05, 4.69) is 24.5 Å². The molecule has 5 heteroatoms. The van der Waals surface area contributed by atoms with Gasteiger partial charge in [-0.15, -0.1) is 0 Å². The van der Waals surface area contributed by atoms with E-state index in [0.717, 1.165) is 13.0 Å². The van der Waals surface area contributed by atoms with Gasteiger partial charge in [0.15, 0.2) is 11.5 Å². The maximum Gasteiger partial charge on any atom is 0.225 e. The smallest absolute Gasteiger partial charge is 0.225 e. The van der Waals surface area contributed by atoms with Gasteiger partial charge in [0.1, 0.15) is 0 Å². The van der Waals surface area contributed by atoms with Gasteiger partial charge >= 0.3 is 0 Å². The summed E-state index contributed by atoms with van der Waals surface area (Å²) in [5, 5.41) is 6.12. The van der Waals surface area contributed by atoms with Gasteiger partial charge in [-0.25, -0.2) is 0 Å². The Morgan fingerprint density at radius 2 is 1.86 bits per heavy atom. The lowest BCUT2D eigenvalue weighted by atomic mass is 10.1. The fraction of sp³-hybridized carbons (Fsp3) is 0.562. The third kappa shape index (κ3) is 6.49. The van der Waals surface area contributed by atoms with E-state index in [9.17, 15) is 4.79 Å². The summed E-state index contributed by atoms with van der Waals surface area (Å²) < 4.78 is 10.4. The predicted molar refractivity (Wildman–Crippen MR) is 85.1 cm³/mol. The number of hydrogen-bond acceptors (Lipinski definition) is 4. The molecule has 0 unspecified atom stereocenters. The maximum atomic E-state index is 11.8. The average molecular weight is 294 g/mol. The highest BCUT2D eigenvalue weighted by atomic mass is 16.5. The number of rotatable bonds is 9. The van der Waals surface area contributed by atoms with Crippen molar-refractivity contribution in [3.63, 3.8) is 0 Å². The topological polar surface area (TPSA) is 59.6 Å². The van der Waals surface area contributed by atoms with Crippen molar-refractivity contribution in [1.82, 2.24) is 5.32 Å². The third-order valence-electron chi connectivity index (χ3n) is 3.09. The van der Waals surface area contributed by atoms with Crippen molar-refractivity contribution in [3.8, 4) is 11.5 Å². The van der Waals surface area contributed by atoms with Crippen LogP contribution in [0, 0.1) is 5.92 Å². The summed E-state index contributed by atoms with van der Waals surface area (Å²) in [6.07, 6.45) is 1.57. The minimum absolute atomic E-state index is 0.0146. The van der Waals surface area contributed by atoms with Crippen molar-refractivity contribution in [2.45, 2.75) is 26.7 Å². The Morgan fingerprint density at radius 1 is 1.14 bits per heavy atom. The maximum absolute atomic E-state index is 11.8. The highest BCUT2D eigenvalue weighted by Gasteiger charge is 2.07. The standard InChI is InChI=1S/C16H26N2O3/c1-12(2)7-9-17-10-8-16(19)18-13-5-6-14(20-3)15(11-13)21-4/h5-6,11-12,17H,7-10H2,1-4H3,(H,18,19). The molecule has 0 aromatic heterocycles. The van der Waals surface area contributed by atoms with E-state index in [1.165, 1.54) is 0 Å². The number of carbonyl (C=O) groups excluding carboxylic acids is 1. The zero-order chi connectivity index (χ0) is 15.7. The first kappa shape index (κ1) is 17.3. The van der Waals surface area contributed by atoms with Crippen molar-refractivity contribution in [2.24, 2.45) is 5.92 Å². The molecule has 1 rings (SSSR count). The molecule has 0 aliphatic rings. The number of ether oxygens (including phenoxy) is 2. The van der Waals surface area contributed by atoms with Gasteiger partial charge in [0.05, 0.1) is 14.2 Å². The second kappa shape index (κ2) is 9.23. The molecule has 1 amide bonds. The Bertz CT molecular complexity index is 447. The molecule has 0 bridgehead atoms. The first-order valence-electron chi connectivity index (χ1n) is 7.29. The van der Waals surface area contributed by atoms with Crippen molar-refractivity contribution in [2.75, 3.05) is 32.6 Å². The van der Waals surface area contributed by atoms with E-state index in [0.29, 0.717) is 36.1 Å². The molecule has 0 aliphatic heterocycles. The van der Waals surface area contributed by atoms with Crippen LogP contribution in [0.25, 0.3) is 0 Å². The SMILES string of the molecule is COc1ccc(NC(=O)CCNCCC(C)C)cc1OC. The highest BCUT2D eigenvalue weighted by molar-refractivity contribution is 5.91. The van der Waals surface area contributed by atoms with Crippen LogP contribution in [0.2, 0.25) is 0 Å². The number of methoxy groups -OCH3 is 2. The fourth-order valence-corrected chi connectivity index (χ4v) is 1.86. The van der Waals surface area contributed by atoms with Gasteiger partial charge in [0, 0.05) is 24.7 Å². The van der Waals surface area contributed by atoms with E-state index >= 15 is 0 Å². The monoisotopic (exact) mass is 294 g/mol. The summed E-state index contributed by atoms with van der Waals surface area (Å²) in [6.45, 7) is 6.00. The second-order valence-corrected chi connectivity index (χ2v) is 5.30. The Balaban J connectivity index is 2.37. The van der Waals surface area contributed by atoms with Crippen molar-refractivity contribution in [3.05, 3.63) is 18.2 Å². The Labute approximate surface area is 127 Å². The van der Waals surface area contributed by atoms with Gasteiger partial charge in [0.2, 0.25) is 5.91 Å². The Kier molecular flexibility index (Phi) is 7.61. The number of nitrogens with one attached hydrogen (secondary N) is 2. The number of benzene rings is 1. The van der Waals surface area contributed by atoms with Crippen LogP contribution >= 0.6 is 0 Å². The van der Waals surface area contributed by atoms with Crippen molar-refractivity contribution in [1.29, 1.82) is 0 Å². The molecule has 0 saturated heterocycles. The van der Waals surface area contributed by atoms with Gasteiger partial charge in [-0.05, 0) is 31.0 Å². The van der Waals surface area contributed by atoms with Gasteiger partial charge in [-0.2, -0.15) is 0 Å². The predicted octanol–water partition coefficient (Wildman–Crippen LogP) is 2.67. The lowest BCUT2D eigenvalue weighted by Gasteiger charge is -2.11. The molecule has 2 N–H and O–H groups in total. The van der Waals surface area contributed by atoms with Crippen LogP contribution in [0.4, 0.5) is 5.69 Å². The van der Waals surface area contributed by atoms with Crippen molar-refractivity contribution >= 4 is 11.6 Å². The van der Waals surface area contributed by atoms with Crippen LogP contribution in [0.1, 0.15) is 26.7 Å². The van der Waals surface area contributed by atoms with Crippen LogP contribution in [0.5, 0.6) is 11.5 Å². The second-order valence-electron chi connectivity index (χ2n) is 5.30. The molecule has 0 saturated carbocycles. The van der Waals surface area contributed by atoms with E-state index in [4.69, 9.17) is 9.47 Å². The fourth-order valence-electron chi connectivity index (χ4n) is 1.86.